The number of rotatable bonds is 5. The molecule has 1 aliphatic heterocycles. The summed E-state index contributed by atoms with van der Waals surface area (Å²) in [7, 11) is -3.60. The quantitative estimate of drug-likeness (QED) is 0.689. The Hall–Kier alpha value is -1.70. The first kappa shape index (κ1) is 20.0. The topological polar surface area (TPSA) is 57.7 Å². The van der Waals surface area contributed by atoms with E-state index in [-0.39, 0.29) is 10.8 Å². The molecular formula is C20H23BrN2O3S. The molecular weight excluding hydrogens is 428 g/mol. The zero-order valence-electron chi connectivity index (χ0n) is 15.5. The lowest BCUT2D eigenvalue weighted by atomic mass is 10.0. The van der Waals surface area contributed by atoms with Crippen molar-refractivity contribution in [3.8, 4) is 0 Å². The third-order valence-corrected chi connectivity index (χ3v) is 7.37. The molecule has 0 aliphatic carbocycles. The summed E-state index contributed by atoms with van der Waals surface area (Å²) in [5, 5.41) is 0. The molecule has 0 aromatic heterocycles. The van der Waals surface area contributed by atoms with Crippen LogP contribution in [0.2, 0.25) is 0 Å². The van der Waals surface area contributed by atoms with Gasteiger partial charge in [0, 0.05) is 35.4 Å². The van der Waals surface area contributed by atoms with E-state index in [0.717, 1.165) is 28.6 Å². The second kappa shape index (κ2) is 8.12. The monoisotopic (exact) mass is 450 g/mol. The number of amides is 1. The van der Waals surface area contributed by atoms with Gasteiger partial charge in [-0.3, -0.25) is 4.79 Å². The van der Waals surface area contributed by atoms with Crippen molar-refractivity contribution in [1.29, 1.82) is 0 Å². The number of carbonyl (C=O) groups is 1. The summed E-state index contributed by atoms with van der Waals surface area (Å²) >= 11 is 3.48. The van der Waals surface area contributed by atoms with E-state index in [9.17, 15) is 13.2 Å². The highest BCUT2D eigenvalue weighted by Crippen LogP contribution is 2.31. The molecule has 5 nitrogen and oxygen atoms in total. The summed E-state index contributed by atoms with van der Waals surface area (Å²) in [5.74, 6) is -0.171. The van der Waals surface area contributed by atoms with Crippen LogP contribution in [-0.4, -0.2) is 38.3 Å². The van der Waals surface area contributed by atoms with E-state index < -0.39 is 10.0 Å². The first-order valence-electron chi connectivity index (χ1n) is 9.09. The van der Waals surface area contributed by atoms with Crippen LogP contribution < -0.4 is 4.90 Å². The number of hydrogen-bond donors (Lipinski definition) is 0. The second-order valence-corrected chi connectivity index (χ2v) is 9.30. The molecule has 144 valence electrons. The summed E-state index contributed by atoms with van der Waals surface area (Å²) in [4.78, 5) is 15.0. The molecule has 1 heterocycles. The second-order valence-electron chi connectivity index (χ2n) is 6.45. The van der Waals surface area contributed by atoms with E-state index in [2.05, 4.69) is 15.9 Å². The van der Waals surface area contributed by atoms with Gasteiger partial charge in [0.15, 0.2) is 0 Å². The summed E-state index contributed by atoms with van der Waals surface area (Å²) in [6.45, 7) is 5.02. The molecule has 1 amide bonds. The largest absolute Gasteiger partial charge is 0.308 e. The van der Waals surface area contributed by atoms with Crippen molar-refractivity contribution >= 4 is 37.5 Å². The van der Waals surface area contributed by atoms with E-state index >= 15 is 0 Å². The molecule has 7 heteroatoms. The SMILES string of the molecule is CCN(CC)S(=O)(=O)c1cccc(C(=O)N2CCCc3cc(Br)ccc32)c1. The summed E-state index contributed by atoms with van der Waals surface area (Å²) in [5.41, 5.74) is 2.40. The minimum Gasteiger partial charge on any atom is -0.308 e. The highest BCUT2D eigenvalue weighted by molar-refractivity contribution is 9.10. The van der Waals surface area contributed by atoms with E-state index in [4.69, 9.17) is 0 Å². The minimum absolute atomic E-state index is 0.157. The Labute approximate surface area is 169 Å². The maximum Gasteiger partial charge on any atom is 0.258 e. The van der Waals surface area contributed by atoms with Crippen molar-refractivity contribution in [3.05, 3.63) is 58.1 Å². The van der Waals surface area contributed by atoms with E-state index in [1.165, 1.54) is 10.4 Å². The predicted octanol–water partition coefficient (Wildman–Crippen LogP) is 4.07. The molecule has 0 N–H and O–H groups in total. The van der Waals surface area contributed by atoms with Gasteiger partial charge in [-0.1, -0.05) is 35.8 Å². The van der Waals surface area contributed by atoms with Crippen LogP contribution in [0.3, 0.4) is 0 Å². The molecule has 0 radical (unpaired) electrons. The number of sulfonamides is 1. The number of benzene rings is 2. The Morgan fingerprint density at radius 3 is 2.59 bits per heavy atom. The minimum atomic E-state index is -3.60. The highest BCUT2D eigenvalue weighted by Gasteiger charge is 2.26. The van der Waals surface area contributed by atoms with Crippen LogP contribution in [0.1, 0.15) is 36.2 Å². The lowest BCUT2D eigenvalue weighted by Gasteiger charge is -2.30. The van der Waals surface area contributed by atoms with Gasteiger partial charge >= 0.3 is 0 Å². The Morgan fingerprint density at radius 2 is 1.89 bits per heavy atom. The number of anilines is 1. The van der Waals surface area contributed by atoms with Crippen molar-refractivity contribution in [2.45, 2.75) is 31.6 Å². The van der Waals surface area contributed by atoms with E-state index in [1.54, 1.807) is 36.9 Å². The number of halogens is 1. The van der Waals surface area contributed by atoms with Gasteiger partial charge in [-0.25, -0.2) is 8.42 Å². The fourth-order valence-corrected chi connectivity index (χ4v) is 5.35. The van der Waals surface area contributed by atoms with Gasteiger partial charge in [0.05, 0.1) is 4.90 Å². The molecule has 0 bridgehead atoms. The molecule has 0 saturated carbocycles. The maximum atomic E-state index is 13.1. The van der Waals surface area contributed by atoms with Gasteiger partial charge in [0.1, 0.15) is 0 Å². The Morgan fingerprint density at radius 1 is 1.15 bits per heavy atom. The molecule has 1 aliphatic rings. The number of fused-ring (bicyclic) bond motifs is 1. The summed E-state index contributed by atoms with van der Waals surface area (Å²) < 4.78 is 27.9. The van der Waals surface area contributed by atoms with Crippen LogP contribution in [-0.2, 0) is 16.4 Å². The zero-order valence-corrected chi connectivity index (χ0v) is 17.9. The van der Waals surface area contributed by atoms with E-state index in [0.29, 0.717) is 25.2 Å². The molecule has 2 aromatic rings. The fourth-order valence-electron chi connectivity index (χ4n) is 3.43. The zero-order chi connectivity index (χ0) is 19.6. The standard InChI is InChI=1S/C20H23BrN2O3S/c1-3-22(4-2)27(25,26)18-9-5-7-16(14-18)20(24)23-12-6-8-15-13-17(21)10-11-19(15)23/h5,7,9-11,13-14H,3-4,6,8,12H2,1-2H3. The first-order chi connectivity index (χ1) is 12.9. The average Bonchev–Trinajstić information content (AvgIpc) is 2.67. The Bertz CT molecular complexity index is 955. The van der Waals surface area contributed by atoms with Crippen molar-refractivity contribution < 1.29 is 13.2 Å². The Balaban J connectivity index is 1.96. The maximum absolute atomic E-state index is 13.1. The molecule has 3 rings (SSSR count). The van der Waals surface area contributed by atoms with Gasteiger partial charge in [-0.05, 0) is 54.8 Å². The summed E-state index contributed by atoms with van der Waals surface area (Å²) in [6, 6.07) is 12.2. The van der Waals surface area contributed by atoms with Gasteiger partial charge in [0.25, 0.3) is 5.91 Å². The molecule has 0 unspecified atom stereocenters. The smallest absolute Gasteiger partial charge is 0.258 e. The summed E-state index contributed by atoms with van der Waals surface area (Å²) in [6.07, 6.45) is 1.81. The van der Waals surface area contributed by atoms with Gasteiger partial charge in [-0.2, -0.15) is 4.31 Å². The molecule has 2 aromatic carbocycles. The molecule has 27 heavy (non-hydrogen) atoms. The number of carbonyl (C=O) groups excluding carboxylic acids is 1. The van der Waals surface area contributed by atoms with Gasteiger partial charge < -0.3 is 4.90 Å². The molecule has 0 atom stereocenters. The van der Waals surface area contributed by atoms with Crippen molar-refractivity contribution in [1.82, 2.24) is 4.31 Å². The van der Waals surface area contributed by atoms with Crippen molar-refractivity contribution in [3.63, 3.8) is 0 Å². The molecule has 0 saturated heterocycles. The average molecular weight is 451 g/mol. The third-order valence-electron chi connectivity index (χ3n) is 4.83. The van der Waals surface area contributed by atoms with Crippen LogP contribution in [0.5, 0.6) is 0 Å². The van der Waals surface area contributed by atoms with Gasteiger partial charge in [-0.15, -0.1) is 0 Å². The van der Waals surface area contributed by atoms with Gasteiger partial charge in [0.2, 0.25) is 10.0 Å². The first-order valence-corrected chi connectivity index (χ1v) is 11.3. The van der Waals surface area contributed by atoms with E-state index in [1.807, 2.05) is 18.2 Å². The lowest BCUT2D eigenvalue weighted by molar-refractivity contribution is 0.0985. The predicted molar refractivity (Wildman–Crippen MR) is 111 cm³/mol. The van der Waals surface area contributed by atoms with Crippen LogP contribution in [0.15, 0.2) is 51.8 Å². The number of hydrogen-bond acceptors (Lipinski definition) is 3. The number of aryl methyl sites for hydroxylation is 1. The van der Waals surface area contributed by atoms with Crippen LogP contribution in [0.25, 0.3) is 0 Å². The fraction of sp³-hybridized carbons (Fsp3) is 0.350. The van der Waals surface area contributed by atoms with Crippen molar-refractivity contribution in [2.75, 3.05) is 24.5 Å². The highest BCUT2D eigenvalue weighted by atomic mass is 79.9. The lowest BCUT2D eigenvalue weighted by Crippen LogP contribution is -2.35. The van der Waals surface area contributed by atoms with Crippen LogP contribution in [0, 0.1) is 0 Å². The Kier molecular flexibility index (Phi) is 6.03. The number of nitrogens with zero attached hydrogens (tertiary/aromatic N) is 2. The molecule has 0 spiro atoms. The normalized spacial score (nSPS) is 14.3. The van der Waals surface area contributed by atoms with Crippen LogP contribution >= 0.6 is 15.9 Å². The van der Waals surface area contributed by atoms with Crippen LogP contribution in [0.4, 0.5) is 5.69 Å². The third kappa shape index (κ3) is 3.95. The molecule has 0 fully saturated rings. The van der Waals surface area contributed by atoms with Crippen molar-refractivity contribution in [2.24, 2.45) is 0 Å².